The van der Waals surface area contributed by atoms with Crippen molar-refractivity contribution in [1.29, 1.82) is 0 Å². The molecule has 0 fully saturated rings. The molecule has 1 N–H and O–H groups in total. The van der Waals surface area contributed by atoms with Crippen LogP contribution in [0.5, 0.6) is 17.2 Å². The molecular weight excluding hydrogens is 340 g/mol. The van der Waals surface area contributed by atoms with Crippen LogP contribution in [-0.4, -0.2) is 19.2 Å². The standard InChI is InChI=1S/C22H24N2O3/c1-25-20-9-10-21(26-2)19(12-20)15-24-14-18-7-3-4-8-22(18)27-16-17-6-5-11-23-13-17/h3-13,24H,14-16H2,1-2H3. The second kappa shape index (κ2) is 9.59. The van der Waals surface area contributed by atoms with Crippen molar-refractivity contribution in [3.8, 4) is 17.2 Å². The molecule has 0 unspecified atom stereocenters. The Morgan fingerprint density at radius 3 is 2.48 bits per heavy atom. The SMILES string of the molecule is COc1ccc(OC)c(CNCc2ccccc2OCc2cccnc2)c1. The van der Waals surface area contributed by atoms with Gasteiger partial charge in [-0.25, -0.2) is 0 Å². The van der Waals surface area contributed by atoms with Gasteiger partial charge in [-0.2, -0.15) is 0 Å². The van der Waals surface area contributed by atoms with E-state index in [1.807, 2.05) is 54.7 Å². The highest BCUT2D eigenvalue weighted by molar-refractivity contribution is 5.40. The Labute approximate surface area is 159 Å². The quantitative estimate of drug-likeness (QED) is 0.623. The molecule has 0 aliphatic rings. The molecule has 1 aromatic heterocycles. The number of para-hydroxylation sites is 1. The number of rotatable bonds is 9. The summed E-state index contributed by atoms with van der Waals surface area (Å²) in [5.41, 5.74) is 3.19. The fourth-order valence-corrected chi connectivity index (χ4v) is 2.79. The second-order valence-corrected chi connectivity index (χ2v) is 6.04. The van der Waals surface area contributed by atoms with Gasteiger partial charge in [0, 0.05) is 42.2 Å². The zero-order valence-corrected chi connectivity index (χ0v) is 15.6. The monoisotopic (exact) mass is 364 g/mol. The Balaban J connectivity index is 1.62. The number of benzene rings is 2. The molecule has 0 bridgehead atoms. The molecule has 0 saturated heterocycles. The summed E-state index contributed by atoms with van der Waals surface area (Å²) in [6, 6.07) is 17.7. The van der Waals surface area contributed by atoms with Gasteiger partial charge in [0.25, 0.3) is 0 Å². The molecule has 140 valence electrons. The molecule has 0 amide bonds. The Hall–Kier alpha value is -3.05. The summed E-state index contributed by atoms with van der Waals surface area (Å²) in [5.74, 6) is 2.52. The third-order valence-corrected chi connectivity index (χ3v) is 4.21. The van der Waals surface area contributed by atoms with Crippen molar-refractivity contribution in [3.63, 3.8) is 0 Å². The van der Waals surface area contributed by atoms with Crippen LogP contribution in [0.2, 0.25) is 0 Å². The van der Waals surface area contributed by atoms with E-state index in [1.165, 1.54) is 0 Å². The first-order valence-corrected chi connectivity index (χ1v) is 8.81. The van der Waals surface area contributed by atoms with Gasteiger partial charge in [0.2, 0.25) is 0 Å². The number of ether oxygens (including phenoxy) is 3. The third-order valence-electron chi connectivity index (χ3n) is 4.21. The maximum atomic E-state index is 5.98. The van der Waals surface area contributed by atoms with Gasteiger partial charge in [0.05, 0.1) is 14.2 Å². The van der Waals surface area contributed by atoms with E-state index in [-0.39, 0.29) is 0 Å². The number of nitrogens with one attached hydrogen (secondary N) is 1. The molecular formula is C22H24N2O3. The highest BCUT2D eigenvalue weighted by atomic mass is 16.5. The first-order chi connectivity index (χ1) is 13.3. The molecule has 3 aromatic rings. The van der Waals surface area contributed by atoms with Gasteiger partial charge in [0.1, 0.15) is 23.9 Å². The predicted octanol–water partition coefficient (Wildman–Crippen LogP) is 3.97. The van der Waals surface area contributed by atoms with Crippen LogP contribution >= 0.6 is 0 Å². The fraction of sp³-hybridized carbons (Fsp3) is 0.227. The number of pyridine rings is 1. The van der Waals surface area contributed by atoms with Crippen molar-refractivity contribution < 1.29 is 14.2 Å². The minimum atomic E-state index is 0.495. The molecule has 5 nitrogen and oxygen atoms in total. The molecule has 0 aliphatic heterocycles. The lowest BCUT2D eigenvalue weighted by molar-refractivity contribution is 0.301. The van der Waals surface area contributed by atoms with E-state index in [1.54, 1.807) is 20.4 Å². The number of hydrogen-bond acceptors (Lipinski definition) is 5. The van der Waals surface area contributed by atoms with Crippen LogP contribution in [0.1, 0.15) is 16.7 Å². The average Bonchev–Trinajstić information content (AvgIpc) is 2.73. The topological polar surface area (TPSA) is 52.6 Å². The van der Waals surface area contributed by atoms with Crippen LogP contribution in [0.15, 0.2) is 67.0 Å². The van der Waals surface area contributed by atoms with Gasteiger partial charge in [0.15, 0.2) is 0 Å². The Morgan fingerprint density at radius 2 is 1.70 bits per heavy atom. The zero-order valence-electron chi connectivity index (χ0n) is 15.6. The molecule has 5 heteroatoms. The summed E-state index contributed by atoms with van der Waals surface area (Å²) < 4.78 is 16.7. The number of nitrogens with zero attached hydrogens (tertiary/aromatic N) is 1. The van der Waals surface area contributed by atoms with E-state index in [2.05, 4.69) is 16.4 Å². The maximum absolute atomic E-state index is 5.98. The number of methoxy groups -OCH3 is 2. The van der Waals surface area contributed by atoms with Crippen LogP contribution in [0.4, 0.5) is 0 Å². The lowest BCUT2D eigenvalue weighted by atomic mass is 10.1. The van der Waals surface area contributed by atoms with E-state index in [4.69, 9.17) is 14.2 Å². The van der Waals surface area contributed by atoms with E-state index in [9.17, 15) is 0 Å². The van der Waals surface area contributed by atoms with Gasteiger partial charge < -0.3 is 19.5 Å². The zero-order chi connectivity index (χ0) is 18.9. The minimum Gasteiger partial charge on any atom is -0.497 e. The molecule has 0 aliphatic carbocycles. The lowest BCUT2D eigenvalue weighted by Crippen LogP contribution is -2.14. The fourth-order valence-electron chi connectivity index (χ4n) is 2.79. The van der Waals surface area contributed by atoms with E-state index in [0.717, 1.165) is 33.9 Å². The van der Waals surface area contributed by atoms with Crippen molar-refractivity contribution in [3.05, 3.63) is 83.7 Å². The first-order valence-electron chi connectivity index (χ1n) is 8.81. The Kier molecular flexibility index (Phi) is 6.66. The Morgan fingerprint density at radius 1 is 0.852 bits per heavy atom. The average molecular weight is 364 g/mol. The summed E-state index contributed by atoms with van der Waals surface area (Å²) in [6.07, 6.45) is 3.57. The van der Waals surface area contributed by atoms with Gasteiger partial charge in [-0.05, 0) is 30.3 Å². The van der Waals surface area contributed by atoms with Crippen LogP contribution in [-0.2, 0) is 19.7 Å². The van der Waals surface area contributed by atoms with Crippen molar-refractivity contribution >= 4 is 0 Å². The largest absolute Gasteiger partial charge is 0.497 e. The molecule has 27 heavy (non-hydrogen) atoms. The Bertz CT molecular complexity index is 853. The van der Waals surface area contributed by atoms with Crippen LogP contribution in [0, 0.1) is 0 Å². The van der Waals surface area contributed by atoms with E-state index in [0.29, 0.717) is 19.7 Å². The summed E-state index contributed by atoms with van der Waals surface area (Å²) in [4.78, 5) is 4.12. The molecule has 0 spiro atoms. The second-order valence-electron chi connectivity index (χ2n) is 6.04. The highest BCUT2D eigenvalue weighted by Crippen LogP contribution is 2.24. The number of aromatic nitrogens is 1. The van der Waals surface area contributed by atoms with Crippen LogP contribution in [0.25, 0.3) is 0 Å². The van der Waals surface area contributed by atoms with Gasteiger partial charge >= 0.3 is 0 Å². The lowest BCUT2D eigenvalue weighted by Gasteiger charge is -2.14. The summed E-state index contributed by atoms with van der Waals surface area (Å²) in [7, 11) is 3.34. The molecule has 1 heterocycles. The molecule has 0 saturated carbocycles. The molecule has 0 atom stereocenters. The van der Waals surface area contributed by atoms with Gasteiger partial charge in [-0.1, -0.05) is 24.3 Å². The summed E-state index contributed by atoms with van der Waals surface area (Å²) in [5, 5.41) is 3.45. The van der Waals surface area contributed by atoms with Crippen LogP contribution < -0.4 is 19.5 Å². The first kappa shape index (κ1) is 18.7. The van der Waals surface area contributed by atoms with Gasteiger partial charge in [-0.15, -0.1) is 0 Å². The van der Waals surface area contributed by atoms with Crippen LogP contribution in [0.3, 0.4) is 0 Å². The van der Waals surface area contributed by atoms with E-state index >= 15 is 0 Å². The highest BCUT2D eigenvalue weighted by Gasteiger charge is 2.07. The van der Waals surface area contributed by atoms with Crippen molar-refractivity contribution in [2.75, 3.05) is 14.2 Å². The maximum Gasteiger partial charge on any atom is 0.124 e. The summed E-state index contributed by atoms with van der Waals surface area (Å²) in [6.45, 7) is 1.84. The van der Waals surface area contributed by atoms with Crippen molar-refractivity contribution in [2.45, 2.75) is 19.7 Å². The van der Waals surface area contributed by atoms with E-state index < -0.39 is 0 Å². The smallest absolute Gasteiger partial charge is 0.124 e. The van der Waals surface area contributed by atoms with Crippen molar-refractivity contribution in [2.24, 2.45) is 0 Å². The van der Waals surface area contributed by atoms with Crippen molar-refractivity contribution in [1.82, 2.24) is 10.3 Å². The molecule has 2 aromatic carbocycles. The number of hydrogen-bond donors (Lipinski definition) is 1. The normalized spacial score (nSPS) is 10.4. The molecule has 0 radical (unpaired) electrons. The summed E-state index contributed by atoms with van der Waals surface area (Å²) >= 11 is 0. The predicted molar refractivity (Wildman–Crippen MR) is 105 cm³/mol. The van der Waals surface area contributed by atoms with Gasteiger partial charge in [-0.3, -0.25) is 4.98 Å². The minimum absolute atomic E-state index is 0.495. The third kappa shape index (κ3) is 5.21. The molecule has 3 rings (SSSR count).